The highest BCUT2D eigenvalue weighted by atomic mass is 28.3. The Hall–Kier alpha value is -2.64. The molecular weight excluding hydrogens is 483 g/mol. The summed E-state index contributed by atoms with van der Waals surface area (Å²) in [5.41, 5.74) is 8.60. The molecule has 0 atom stereocenters. The maximum Gasteiger partial charge on any atom is 0.251 e. The third kappa shape index (κ3) is 18.3. The van der Waals surface area contributed by atoms with Crippen molar-refractivity contribution >= 4 is 22.1 Å². The van der Waals surface area contributed by atoms with E-state index >= 15 is 0 Å². The van der Waals surface area contributed by atoms with Gasteiger partial charge in [0.2, 0.25) is 0 Å². The molecule has 1 N–H and O–H groups in total. The van der Waals surface area contributed by atoms with Gasteiger partial charge in [0, 0.05) is 23.2 Å². The predicted molar refractivity (Wildman–Crippen MR) is 167 cm³/mol. The van der Waals surface area contributed by atoms with Crippen LogP contribution in [0.15, 0.2) is 18.2 Å². The summed E-state index contributed by atoms with van der Waals surface area (Å²) >= 11 is 0. The quantitative estimate of drug-likeness (QED) is 0.167. The van der Waals surface area contributed by atoms with Crippen molar-refractivity contribution in [3.05, 3.63) is 34.9 Å². The average Bonchev–Trinajstić information content (AvgIpc) is 2.81. The number of nitrogens with one attached hydrogen (secondary N) is 1. The smallest absolute Gasteiger partial charge is 0.251 e. The topological polar surface area (TPSA) is 29.1 Å². The van der Waals surface area contributed by atoms with Gasteiger partial charge in [0.25, 0.3) is 5.91 Å². The molecule has 1 aromatic rings. The van der Waals surface area contributed by atoms with Crippen molar-refractivity contribution in [2.45, 2.75) is 110 Å². The molecule has 0 heterocycles. The van der Waals surface area contributed by atoms with Gasteiger partial charge in [-0.3, -0.25) is 4.79 Å². The van der Waals surface area contributed by atoms with E-state index in [1.165, 1.54) is 51.4 Å². The summed E-state index contributed by atoms with van der Waals surface area (Å²) in [4.78, 5) is 12.9. The molecule has 0 radical (unpaired) electrons. The summed E-state index contributed by atoms with van der Waals surface area (Å²) in [6.07, 6.45) is 12.8. The van der Waals surface area contributed by atoms with Crippen LogP contribution in [0.3, 0.4) is 0 Å². The van der Waals surface area contributed by atoms with Gasteiger partial charge in [0.1, 0.15) is 16.1 Å². The van der Waals surface area contributed by atoms with Crippen LogP contribution in [0, 0.1) is 46.6 Å². The lowest BCUT2D eigenvalue weighted by Crippen LogP contribution is -2.24. The zero-order chi connectivity index (χ0) is 27.6. The van der Waals surface area contributed by atoms with Gasteiger partial charge in [-0.1, -0.05) is 116 Å². The zero-order valence-electron chi connectivity index (χ0n) is 24.4. The van der Waals surface area contributed by atoms with Gasteiger partial charge in [-0.25, -0.2) is 0 Å². The van der Waals surface area contributed by atoms with E-state index in [0.717, 1.165) is 24.0 Å². The first-order valence-electron chi connectivity index (χ1n) is 14.0. The van der Waals surface area contributed by atoms with Crippen LogP contribution >= 0.6 is 0 Å². The van der Waals surface area contributed by atoms with Gasteiger partial charge in [0.15, 0.2) is 0 Å². The molecule has 1 aromatic carbocycles. The molecule has 37 heavy (non-hydrogen) atoms. The molecule has 1 rings (SSSR count). The molecule has 198 valence electrons. The summed E-state index contributed by atoms with van der Waals surface area (Å²) in [6, 6.07) is 5.57. The van der Waals surface area contributed by atoms with Gasteiger partial charge in [-0.05, 0) is 48.3 Å². The van der Waals surface area contributed by atoms with Crippen molar-refractivity contribution in [2.24, 2.45) is 0 Å². The van der Waals surface area contributed by atoms with Crippen molar-refractivity contribution in [3.8, 4) is 46.6 Å². The standard InChI is InChI=1S/C33H47NOSi2/c1-8-9-10-11-12-13-14-15-16-19-24-34-33(35)32-28-30(22-17-20-25-36(2,3)4)27-31(29-32)23-18-21-26-37(5,6)7/h27-29H,8-16,19,24H2,1-7H3,(H,34,35). The Bertz CT molecular complexity index is 1040. The van der Waals surface area contributed by atoms with Crippen LogP contribution in [0.2, 0.25) is 39.3 Å². The van der Waals surface area contributed by atoms with Gasteiger partial charge >= 0.3 is 0 Å². The third-order valence-corrected chi connectivity index (χ3v) is 7.17. The molecule has 0 aromatic heterocycles. The van der Waals surface area contributed by atoms with Gasteiger partial charge in [-0.15, -0.1) is 11.1 Å². The predicted octanol–water partition coefficient (Wildman–Crippen LogP) is 7.80. The van der Waals surface area contributed by atoms with E-state index < -0.39 is 16.1 Å². The molecular formula is C33H47NOSi2. The second-order valence-electron chi connectivity index (χ2n) is 11.7. The molecule has 0 saturated heterocycles. The van der Waals surface area contributed by atoms with Gasteiger partial charge in [-0.2, -0.15) is 0 Å². The zero-order valence-corrected chi connectivity index (χ0v) is 26.4. The van der Waals surface area contributed by atoms with Crippen LogP contribution in [0.4, 0.5) is 0 Å². The lowest BCUT2D eigenvalue weighted by molar-refractivity contribution is 0.0953. The summed E-state index contributed by atoms with van der Waals surface area (Å²) in [7, 11) is -2.94. The Balaban J connectivity index is 2.76. The highest BCUT2D eigenvalue weighted by Crippen LogP contribution is 2.12. The fourth-order valence-corrected chi connectivity index (χ4v) is 4.34. The number of carbonyl (C=O) groups excluding carboxylic acids is 1. The van der Waals surface area contributed by atoms with Crippen LogP contribution in [-0.4, -0.2) is 28.6 Å². The molecule has 0 aliphatic rings. The second kappa shape index (κ2) is 17.8. The van der Waals surface area contributed by atoms with Gasteiger partial charge in [0.05, 0.1) is 0 Å². The van der Waals surface area contributed by atoms with E-state index in [2.05, 4.69) is 98.1 Å². The number of benzene rings is 1. The Kier molecular flexibility index (Phi) is 15.5. The van der Waals surface area contributed by atoms with E-state index in [1.54, 1.807) is 0 Å². The molecule has 0 saturated carbocycles. The number of carbonyl (C=O) groups is 1. The number of hydrogen-bond donors (Lipinski definition) is 1. The minimum absolute atomic E-state index is 0.0796. The monoisotopic (exact) mass is 529 g/mol. The first-order chi connectivity index (χ1) is 17.5. The molecule has 0 bridgehead atoms. The Morgan fingerprint density at radius 3 is 1.51 bits per heavy atom. The van der Waals surface area contributed by atoms with Crippen molar-refractivity contribution in [2.75, 3.05) is 6.54 Å². The van der Waals surface area contributed by atoms with Crippen LogP contribution in [0.1, 0.15) is 92.6 Å². The largest absolute Gasteiger partial charge is 0.352 e. The van der Waals surface area contributed by atoms with Crippen molar-refractivity contribution in [1.82, 2.24) is 5.32 Å². The van der Waals surface area contributed by atoms with Crippen molar-refractivity contribution < 1.29 is 4.79 Å². The number of hydrogen-bond acceptors (Lipinski definition) is 1. The highest BCUT2D eigenvalue weighted by Gasteiger charge is 2.09. The fourth-order valence-electron chi connectivity index (χ4n) is 3.46. The number of rotatable bonds is 12. The maximum absolute atomic E-state index is 12.9. The fraction of sp³-hybridized carbons (Fsp3) is 0.545. The SMILES string of the molecule is CCCCCCCCCCCCNC(=O)c1cc(C#CC#C[Si](C)(C)C)cc(C#CC#C[Si](C)(C)C)c1. The summed E-state index contributed by atoms with van der Waals surface area (Å²) in [5, 5.41) is 3.07. The molecule has 0 aliphatic heterocycles. The number of unbranched alkanes of at least 4 members (excludes halogenated alkanes) is 9. The summed E-state index contributed by atoms with van der Waals surface area (Å²) < 4.78 is 0. The number of amides is 1. The Morgan fingerprint density at radius 2 is 1.08 bits per heavy atom. The Labute approximate surface area is 230 Å². The molecule has 0 aliphatic carbocycles. The molecule has 0 spiro atoms. The Morgan fingerprint density at radius 1 is 0.649 bits per heavy atom. The lowest BCUT2D eigenvalue weighted by atomic mass is 10.0. The van der Waals surface area contributed by atoms with E-state index in [0.29, 0.717) is 12.1 Å². The molecule has 1 amide bonds. The van der Waals surface area contributed by atoms with E-state index in [4.69, 9.17) is 0 Å². The maximum atomic E-state index is 12.9. The van der Waals surface area contributed by atoms with Crippen LogP contribution in [0.5, 0.6) is 0 Å². The lowest BCUT2D eigenvalue weighted by Gasteiger charge is -2.07. The molecule has 4 heteroatoms. The van der Waals surface area contributed by atoms with Crippen molar-refractivity contribution in [3.63, 3.8) is 0 Å². The summed E-state index contributed by atoms with van der Waals surface area (Å²) in [5.74, 6) is 18.0. The first kappa shape index (κ1) is 32.4. The molecule has 0 unspecified atom stereocenters. The van der Waals surface area contributed by atoms with Crippen LogP contribution in [0.25, 0.3) is 0 Å². The second-order valence-corrected chi connectivity index (χ2v) is 21.2. The van der Waals surface area contributed by atoms with Crippen LogP contribution < -0.4 is 5.32 Å². The highest BCUT2D eigenvalue weighted by molar-refractivity contribution is 6.84. The minimum Gasteiger partial charge on any atom is -0.352 e. The third-order valence-electron chi connectivity index (χ3n) is 5.42. The van der Waals surface area contributed by atoms with Gasteiger partial charge < -0.3 is 5.32 Å². The first-order valence-corrected chi connectivity index (χ1v) is 21.0. The van der Waals surface area contributed by atoms with Crippen molar-refractivity contribution in [1.29, 1.82) is 0 Å². The van der Waals surface area contributed by atoms with Crippen LogP contribution in [-0.2, 0) is 0 Å². The molecule has 0 fully saturated rings. The molecule has 2 nitrogen and oxygen atoms in total. The summed E-state index contributed by atoms with van der Waals surface area (Å²) in [6.45, 7) is 16.1. The van der Waals surface area contributed by atoms with E-state index in [9.17, 15) is 4.79 Å². The van der Waals surface area contributed by atoms with E-state index in [1.807, 2.05) is 18.2 Å². The van der Waals surface area contributed by atoms with E-state index in [-0.39, 0.29) is 5.91 Å². The minimum atomic E-state index is -1.47. The normalized spacial score (nSPS) is 10.5. The average molecular weight is 530 g/mol.